The van der Waals surface area contributed by atoms with E-state index < -0.39 is 121 Å². The fourth-order valence-corrected chi connectivity index (χ4v) is 15.7. The van der Waals surface area contributed by atoms with Crippen molar-refractivity contribution in [2.75, 3.05) is 67.3 Å². The first kappa shape index (κ1) is 71.0. The largest absolute Gasteiger partial charge is 0.587 e. The summed E-state index contributed by atoms with van der Waals surface area (Å²) in [5.41, 5.74) is -2.27. The lowest BCUT2D eigenvalue weighted by molar-refractivity contribution is -0.173. The molecule has 0 bridgehead atoms. The standard InChI is InChI=1S/C70H88N7O19P/c1-44(78)71-51(39-45-28-30-46(79)31-29-45)62(81)74-34-15-24-54(74)64(83)76-36-17-26-56(76)66(85)77-37-18-27-57(77)65(84)75-35-16-25-55(75)63(82)73-33-14-23-53(73)61(80)72-52(42-50-58(90-6)40-49(89-5)41-59(50)91-7)67(86)92-43-70(68(87)69(2,3)4)60(32-38-93-70)96-97(88,94-47-19-10-8-11-20-47)95-48-21-12-9-13-22-48/h8-13,19-22,28-31,40-41,51-57,60,79H,14-18,23-27,32-39,42-43H2,1-7H3,(H,71,78)(H,72,80)/t51-,52-,53-,54-,55-,56-,57-,60?,70?/m0/s1. The number of nitrogens with one attached hydrogen (secondary N) is 2. The van der Waals surface area contributed by atoms with Crippen LogP contribution in [0.2, 0.25) is 0 Å². The Morgan fingerprint density at radius 3 is 1.48 bits per heavy atom. The molecular weight excluding hydrogens is 1270 g/mol. The highest BCUT2D eigenvalue weighted by Gasteiger charge is 2.59. The minimum atomic E-state index is -4.70. The number of carbonyl (C=O) groups excluding carboxylic acids is 9. The zero-order valence-corrected chi connectivity index (χ0v) is 56.9. The molecule has 97 heavy (non-hydrogen) atoms. The number of benzene rings is 4. The van der Waals surface area contributed by atoms with Crippen LogP contribution in [0, 0.1) is 5.41 Å². The number of esters is 1. The van der Waals surface area contributed by atoms with E-state index in [1.54, 1.807) is 106 Å². The Morgan fingerprint density at radius 2 is 1.03 bits per heavy atom. The maximum atomic E-state index is 15.1. The second kappa shape index (κ2) is 30.8. The van der Waals surface area contributed by atoms with Crippen molar-refractivity contribution in [1.82, 2.24) is 35.1 Å². The third kappa shape index (κ3) is 16.0. The molecule has 522 valence electrons. The quantitative estimate of drug-likeness (QED) is 0.0497. The Bertz CT molecular complexity index is 3520. The molecule has 6 saturated heterocycles. The highest BCUT2D eigenvalue weighted by molar-refractivity contribution is 7.49. The Balaban J connectivity index is 0.848. The molecule has 10 rings (SSSR count). The number of phosphoric acid groups is 1. The second-order valence-corrected chi connectivity index (χ2v) is 27.9. The molecule has 27 heteroatoms. The molecule has 6 aliphatic heterocycles. The Hall–Kier alpha value is -8.74. The third-order valence-electron chi connectivity index (χ3n) is 18.9. The van der Waals surface area contributed by atoms with E-state index in [1.165, 1.54) is 64.9 Å². The van der Waals surface area contributed by atoms with Gasteiger partial charge in [0.05, 0.1) is 27.9 Å². The van der Waals surface area contributed by atoms with Crippen LogP contribution in [0.15, 0.2) is 97.1 Å². The zero-order valence-electron chi connectivity index (χ0n) is 56.0. The summed E-state index contributed by atoms with van der Waals surface area (Å²) in [6, 6.07) is 18.4. The van der Waals surface area contributed by atoms with Crippen molar-refractivity contribution in [3.63, 3.8) is 0 Å². The highest BCUT2D eigenvalue weighted by atomic mass is 31.2. The topological polar surface area (TPSA) is 305 Å². The van der Waals surface area contributed by atoms with E-state index in [0.29, 0.717) is 68.2 Å². The van der Waals surface area contributed by atoms with E-state index in [4.69, 9.17) is 37.3 Å². The van der Waals surface area contributed by atoms with Gasteiger partial charge in [0.15, 0.2) is 11.4 Å². The average molecular weight is 1360 g/mol. The lowest BCUT2D eigenvalue weighted by Crippen LogP contribution is -2.59. The number of carbonyl (C=O) groups is 9. The number of methoxy groups -OCH3 is 3. The van der Waals surface area contributed by atoms with Gasteiger partial charge in [0.25, 0.3) is 0 Å². The number of Topliss-reactive ketones (excluding diaryl/α,β-unsaturated/α-hetero) is 1. The summed E-state index contributed by atoms with van der Waals surface area (Å²) in [5, 5.41) is 15.4. The monoisotopic (exact) mass is 1360 g/mol. The number of likely N-dealkylation sites (tertiary alicyclic amines) is 5. The van der Waals surface area contributed by atoms with E-state index in [0.717, 1.165) is 0 Å². The zero-order chi connectivity index (χ0) is 69.3. The number of phosphoric ester groups is 1. The summed E-state index contributed by atoms with van der Waals surface area (Å²) >= 11 is 0. The van der Waals surface area contributed by atoms with Gasteiger partial charge in [0.1, 0.15) is 89.5 Å². The number of para-hydroxylation sites is 2. The predicted octanol–water partition coefficient (Wildman–Crippen LogP) is 6.12. The van der Waals surface area contributed by atoms with Crippen molar-refractivity contribution in [1.29, 1.82) is 0 Å². The fourth-order valence-electron chi connectivity index (χ4n) is 14.3. The number of ether oxygens (including phenoxy) is 5. The third-order valence-corrected chi connectivity index (χ3v) is 20.3. The van der Waals surface area contributed by atoms with Crippen molar-refractivity contribution < 1.29 is 90.1 Å². The minimum Gasteiger partial charge on any atom is -0.508 e. The van der Waals surface area contributed by atoms with Crippen LogP contribution in [0.5, 0.6) is 34.5 Å². The van der Waals surface area contributed by atoms with Crippen LogP contribution in [0.3, 0.4) is 0 Å². The maximum absolute atomic E-state index is 15.1. The SMILES string of the molecule is COc1cc(OC)c(C[C@H](NC(=O)[C@@H]2CCCN2C(=O)[C@@H]2CCCN2C(=O)[C@@H]2CCCN2C(=O)[C@@H]2CCCN2C(=O)[C@@H]2CCCN2C(=O)[C@H](Cc2ccc(O)cc2)NC(C)=O)C(=O)OCC2(C(=O)C(C)(C)C)OCCC2OP(=O)(Oc2ccccc2)Oc2ccccc2)c(OC)c1. The van der Waals surface area contributed by atoms with E-state index in [-0.39, 0.29) is 106 Å². The van der Waals surface area contributed by atoms with Gasteiger partial charge < -0.3 is 73.0 Å². The van der Waals surface area contributed by atoms with Crippen LogP contribution < -0.4 is 33.9 Å². The first-order valence-corrected chi connectivity index (χ1v) is 34.7. The molecule has 6 fully saturated rings. The van der Waals surface area contributed by atoms with E-state index in [2.05, 4.69) is 10.6 Å². The average Bonchev–Trinajstić information content (AvgIpc) is 1.77. The van der Waals surface area contributed by atoms with Crippen molar-refractivity contribution in [2.24, 2.45) is 5.41 Å². The molecule has 9 atom stereocenters. The number of phenolic OH excluding ortho intramolecular Hbond substituents is 1. The van der Waals surface area contributed by atoms with Gasteiger partial charge in [-0.3, -0.25) is 42.9 Å². The minimum absolute atomic E-state index is 0.0184. The van der Waals surface area contributed by atoms with Crippen LogP contribution >= 0.6 is 7.82 Å². The molecule has 0 spiro atoms. The van der Waals surface area contributed by atoms with E-state index >= 15 is 14.4 Å². The first-order valence-electron chi connectivity index (χ1n) is 33.3. The lowest BCUT2D eigenvalue weighted by Gasteiger charge is -2.37. The van der Waals surface area contributed by atoms with Gasteiger partial charge in [-0.25, -0.2) is 9.36 Å². The van der Waals surface area contributed by atoms with Crippen LogP contribution in [-0.4, -0.2) is 204 Å². The number of hydrogen-bond donors (Lipinski definition) is 3. The van der Waals surface area contributed by atoms with E-state index in [1.807, 2.05) is 0 Å². The Labute approximate surface area is 564 Å². The smallest absolute Gasteiger partial charge is 0.508 e. The van der Waals surface area contributed by atoms with Crippen molar-refractivity contribution in [3.05, 3.63) is 108 Å². The van der Waals surface area contributed by atoms with Gasteiger partial charge >= 0.3 is 13.8 Å². The van der Waals surface area contributed by atoms with Gasteiger partial charge in [0.2, 0.25) is 41.4 Å². The maximum Gasteiger partial charge on any atom is 0.587 e. The van der Waals surface area contributed by atoms with Crippen molar-refractivity contribution in [2.45, 2.75) is 165 Å². The summed E-state index contributed by atoms with van der Waals surface area (Å²) in [6.45, 7) is 6.47. The van der Waals surface area contributed by atoms with Crippen molar-refractivity contribution in [3.8, 4) is 34.5 Å². The van der Waals surface area contributed by atoms with Gasteiger partial charge in [-0.15, -0.1) is 0 Å². The second-order valence-electron chi connectivity index (χ2n) is 26.4. The van der Waals surface area contributed by atoms with Crippen LogP contribution in [0.25, 0.3) is 0 Å². The van der Waals surface area contributed by atoms with Crippen LogP contribution in [0.4, 0.5) is 0 Å². The molecule has 7 amide bonds. The fraction of sp³-hybridized carbons (Fsp3) is 0.529. The van der Waals surface area contributed by atoms with Gasteiger partial charge in [-0.2, -0.15) is 0 Å². The number of rotatable bonds is 25. The number of hydrogen-bond acceptors (Lipinski definition) is 19. The number of ketones is 1. The molecule has 0 aromatic heterocycles. The summed E-state index contributed by atoms with van der Waals surface area (Å²) in [7, 11) is -0.427. The molecule has 0 aliphatic carbocycles. The summed E-state index contributed by atoms with van der Waals surface area (Å²) in [6.07, 6.45) is 2.24. The Kier molecular flexibility index (Phi) is 22.5. The van der Waals surface area contributed by atoms with Crippen LogP contribution in [-0.2, 0) is 74.6 Å². The summed E-state index contributed by atoms with van der Waals surface area (Å²) < 4.78 is 62.7. The normalized spacial score (nSPS) is 23.1. The molecule has 0 radical (unpaired) electrons. The molecule has 2 unspecified atom stereocenters. The van der Waals surface area contributed by atoms with E-state index in [9.17, 15) is 38.4 Å². The number of phenols is 1. The molecule has 6 heterocycles. The highest BCUT2D eigenvalue weighted by Crippen LogP contribution is 2.54. The predicted molar refractivity (Wildman–Crippen MR) is 350 cm³/mol. The summed E-state index contributed by atoms with van der Waals surface area (Å²) in [4.78, 5) is 139. The van der Waals surface area contributed by atoms with Gasteiger partial charge in [-0.1, -0.05) is 69.3 Å². The molecular formula is C70H88N7O19P. The molecule has 4 aromatic carbocycles. The molecule has 3 N–H and O–H groups in total. The molecule has 6 aliphatic rings. The number of amides is 7. The molecule has 4 aromatic rings. The first-order chi connectivity index (χ1) is 46.5. The van der Waals surface area contributed by atoms with Crippen molar-refractivity contribution >= 4 is 60.9 Å². The van der Waals surface area contributed by atoms with Gasteiger partial charge in [-0.05, 0) is 106 Å². The summed E-state index contributed by atoms with van der Waals surface area (Å²) in [5.74, 6) is -3.76. The van der Waals surface area contributed by atoms with Gasteiger partial charge in [0, 0.05) is 82.0 Å². The lowest BCUT2D eigenvalue weighted by atomic mass is 9.78. The Morgan fingerprint density at radius 1 is 0.577 bits per heavy atom. The molecule has 0 saturated carbocycles. The van der Waals surface area contributed by atoms with Crippen LogP contribution in [0.1, 0.15) is 109 Å². The number of aromatic hydroxyl groups is 1. The molecule has 26 nitrogen and oxygen atoms in total. The number of nitrogens with zero attached hydrogens (tertiary/aromatic N) is 5.